The fourth-order valence-electron chi connectivity index (χ4n) is 6.66. The molecular formula is C54H104N6O23. The topological polar surface area (TPSA) is 356 Å². The summed E-state index contributed by atoms with van der Waals surface area (Å²) < 4.78 is 86.4. The number of rotatable bonds is 67. The van der Waals surface area contributed by atoms with Crippen LogP contribution in [0.4, 0.5) is 0 Å². The number of carbonyl (C=O) groups excluding carboxylic acids is 5. The molecule has 0 aliphatic carbocycles. The van der Waals surface area contributed by atoms with Gasteiger partial charge in [-0.05, 0) is 38.5 Å². The first-order chi connectivity index (χ1) is 40.6. The van der Waals surface area contributed by atoms with Gasteiger partial charge in [-0.3, -0.25) is 28.8 Å². The second-order valence-corrected chi connectivity index (χ2v) is 17.9. The Morgan fingerprint density at radius 2 is 0.590 bits per heavy atom. The van der Waals surface area contributed by atoms with E-state index in [-0.39, 0.29) is 83.4 Å². The van der Waals surface area contributed by atoms with Crippen LogP contribution in [0, 0.1) is 0 Å². The van der Waals surface area contributed by atoms with Crippen molar-refractivity contribution in [3.63, 3.8) is 0 Å². The molecule has 2 atom stereocenters. The van der Waals surface area contributed by atoms with Crippen LogP contribution in [0.3, 0.4) is 0 Å². The molecule has 0 saturated heterocycles. The van der Waals surface area contributed by atoms with Crippen LogP contribution in [0.15, 0.2) is 0 Å². The molecule has 83 heavy (non-hydrogen) atoms. The Morgan fingerprint density at radius 1 is 0.325 bits per heavy atom. The predicted octanol–water partition coefficient (Wildman–Crippen LogP) is -1.23. The van der Waals surface area contributed by atoms with E-state index in [1.165, 1.54) is 0 Å². The summed E-state index contributed by atoms with van der Waals surface area (Å²) in [6.45, 7) is 13.7. The second kappa shape index (κ2) is 64.1. The normalized spacial score (nSPS) is 12.0. The highest BCUT2D eigenvalue weighted by Crippen LogP contribution is 2.06. The molecule has 5 amide bonds. The van der Waals surface area contributed by atoms with E-state index in [1.54, 1.807) is 14.2 Å². The standard InChI is InChI=1S/C54H104N6O23/c1-68-19-21-72-27-29-76-35-37-80-43-45-82-41-39-78-33-31-74-25-23-70-17-11-49(61)56-14-5-3-7-47(53(66)57-15-6-4-8-48(54(67)58-16-13-55)59-50(62)9-10-52(64)65)60-51(63)12-18-71-24-26-75-32-34-79-40-42-83-46-44-81-38-36-77-30-28-73-22-20-69-2/h47-48H,3-46,55H2,1-2H3,(H,56,61)(H,57,66)(H,58,67)(H,59,62)(H,60,63)(H,64,65)/t47-,48-/m0/s1. The van der Waals surface area contributed by atoms with E-state index in [4.69, 9.17) is 86.6 Å². The Morgan fingerprint density at radius 3 is 0.892 bits per heavy atom. The zero-order valence-corrected chi connectivity index (χ0v) is 49.8. The molecule has 0 heterocycles. The molecule has 0 aromatic carbocycles. The molecule has 0 aromatic rings. The maximum Gasteiger partial charge on any atom is 0.303 e. The van der Waals surface area contributed by atoms with Crippen LogP contribution >= 0.6 is 0 Å². The highest BCUT2D eigenvalue weighted by molar-refractivity contribution is 5.89. The van der Waals surface area contributed by atoms with Crippen LogP contribution in [-0.4, -0.2) is 291 Å². The van der Waals surface area contributed by atoms with E-state index in [9.17, 15) is 28.8 Å². The predicted molar refractivity (Wildman–Crippen MR) is 301 cm³/mol. The van der Waals surface area contributed by atoms with Gasteiger partial charge in [0.05, 0.1) is 205 Å². The van der Waals surface area contributed by atoms with Gasteiger partial charge in [-0.1, -0.05) is 0 Å². The number of hydrogen-bond acceptors (Lipinski definition) is 23. The van der Waals surface area contributed by atoms with Crippen molar-refractivity contribution < 1.29 is 110 Å². The van der Waals surface area contributed by atoms with E-state index >= 15 is 0 Å². The third-order valence-corrected chi connectivity index (χ3v) is 11.0. The molecule has 0 saturated carbocycles. The lowest BCUT2D eigenvalue weighted by Gasteiger charge is -2.20. The minimum atomic E-state index is -1.13. The van der Waals surface area contributed by atoms with Crippen LogP contribution in [0.1, 0.15) is 64.2 Å². The molecule has 8 N–H and O–H groups in total. The smallest absolute Gasteiger partial charge is 0.303 e. The number of methoxy groups -OCH3 is 2. The van der Waals surface area contributed by atoms with Gasteiger partial charge < -0.3 is 113 Å². The summed E-state index contributed by atoms with van der Waals surface area (Å²) in [4.78, 5) is 74.7. The quantitative estimate of drug-likeness (QED) is 0.0351. The van der Waals surface area contributed by atoms with Gasteiger partial charge in [0.1, 0.15) is 12.1 Å². The average Bonchev–Trinajstić information content (AvgIpc) is 3.47. The molecule has 0 aliphatic rings. The third-order valence-electron chi connectivity index (χ3n) is 11.0. The van der Waals surface area contributed by atoms with Gasteiger partial charge >= 0.3 is 5.97 Å². The summed E-state index contributed by atoms with van der Waals surface area (Å²) in [6, 6.07) is -1.79. The number of hydrogen-bond donors (Lipinski definition) is 7. The monoisotopic (exact) mass is 1200 g/mol. The second-order valence-electron chi connectivity index (χ2n) is 17.9. The average molecular weight is 1210 g/mol. The number of amides is 5. The zero-order valence-electron chi connectivity index (χ0n) is 49.8. The van der Waals surface area contributed by atoms with Gasteiger partial charge in [0.2, 0.25) is 29.5 Å². The third kappa shape index (κ3) is 59.7. The lowest BCUT2D eigenvalue weighted by molar-refractivity contribution is -0.139. The summed E-state index contributed by atoms with van der Waals surface area (Å²) in [5.74, 6) is -3.13. The molecule has 0 aromatic heterocycles. The number of unbranched alkanes of at least 4 members (excludes halogenated alkanes) is 2. The van der Waals surface area contributed by atoms with Gasteiger partial charge in [-0.15, -0.1) is 0 Å². The van der Waals surface area contributed by atoms with E-state index < -0.39 is 35.8 Å². The highest BCUT2D eigenvalue weighted by Gasteiger charge is 2.22. The number of carboxylic acids is 1. The first-order valence-corrected chi connectivity index (χ1v) is 29.0. The lowest BCUT2D eigenvalue weighted by Crippen LogP contribution is -2.48. The minimum Gasteiger partial charge on any atom is -0.481 e. The lowest BCUT2D eigenvalue weighted by atomic mass is 10.1. The highest BCUT2D eigenvalue weighted by atomic mass is 16.6. The van der Waals surface area contributed by atoms with Crippen molar-refractivity contribution in [1.29, 1.82) is 0 Å². The Hall–Kier alpha value is -3.86. The van der Waals surface area contributed by atoms with Gasteiger partial charge in [-0.25, -0.2) is 0 Å². The first-order valence-electron chi connectivity index (χ1n) is 29.0. The van der Waals surface area contributed by atoms with Crippen LogP contribution in [0.25, 0.3) is 0 Å². The molecule has 488 valence electrons. The van der Waals surface area contributed by atoms with Crippen LogP contribution in [0.2, 0.25) is 0 Å². The molecule has 0 unspecified atom stereocenters. The largest absolute Gasteiger partial charge is 0.481 e. The van der Waals surface area contributed by atoms with Crippen LogP contribution in [-0.2, 0) is 105 Å². The fourth-order valence-corrected chi connectivity index (χ4v) is 6.66. The Kier molecular flexibility index (Phi) is 61.2. The Labute approximate surface area is 491 Å². The van der Waals surface area contributed by atoms with E-state index in [0.717, 1.165) is 0 Å². The molecule has 0 spiro atoms. The van der Waals surface area contributed by atoms with Gasteiger partial charge in [0.15, 0.2) is 0 Å². The number of nitrogens with one attached hydrogen (secondary N) is 5. The van der Waals surface area contributed by atoms with Crippen molar-refractivity contribution in [1.82, 2.24) is 26.6 Å². The number of carboxylic acid groups (broad SMARTS) is 1. The minimum absolute atomic E-state index is 0.00107. The molecule has 0 rings (SSSR count). The SMILES string of the molecule is COCCOCCOCCOCCOCCOCCOCCOCCC(=O)NCCCC[C@H](NC(=O)CCOCCOCCOCCOCCOCCOCCOCCOC)C(=O)NCCCC[C@H](NC(=O)CCC(=O)O)C(=O)NCCN. The number of ether oxygens (including phenoxy) is 16. The summed E-state index contributed by atoms with van der Waals surface area (Å²) in [7, 11) is 3.25. The van der Waals surface area contributed by atoms with Crippen LogP contribution < -0.4 is 32.3 Å². The molecule has 0 radical (unpaired) electrons. The molecule has 0 aliphatic heterocycles. The molecule has 29 nitrogen and oxygen atoms in total. The van der Waals surface area contributed by atoms with Crippen molar-refractivity contribution in [2.24, 2.45) is 5.73 Å². The summed E-state index contributed by atoms with van der Waals surface area (Å²) in [6.07, 6.45) is 1.94. The summed E-state index contributed by atoms with van der Waals surface area (Å²) >= 11 is 0. The molecule has 0 fully saturated rings. The Bertz CT molecular complexity index is 1520. The number of nitrogens with two attached hydrogens (primary N) is 1. The zero-order chi connectivity index (χ0) is 60.6. The molecular weight excluding hydrogens is 1100 g/mol. The first kappa shape index (κ1) is 79.1. The van der Waals surface area contributed by atoms with Crippen molar-refractivity contribution in [3.05, 3.63) is 0 Å². The summed E-state index contributed by atoms with van der Waals surface area (Å²) in [5, 5.41) is 22.6. The molecule has 0 bridgehead atoms. The van der Waals surface area contributed by atoms with Crippen LogP contribution in [0.5, 0.6) is 0 Å². The van der Waals surface area contributed by atoms with E-state index in [2.05, 4.69) is 26.6 Å². The van der Waals surface area contributed by atoms with Gasteiger partial charge in [0.25, 0.3) is 0 Å². The van der Waals surface area contributed by atoms with Crippen molar-refractivity contribution in [2.75, 3.05) is 239 Å². The summed E-state index contributed by atoms with van der Waals surface area (Å²) in [5.41, 5.74) is 5.51. The van der Waals surface area contributed by atoms with Crippen molar-refractivity contribution >= 4 is 35.5 Å². The maximum absolute atomic E-state index is 13.4. The number of aliphatic carboxylic acids is 1. The van der Waals surface area contributed by atoms with Crippen molar-refractivity contribution in [3.8, 4) is 0 Å². The van der Waals surface area contributed by atoms with E-state index in [1.807, 2.05) is 0 Å². The van der Waals surface area contributed by atoms with Gasteiger partial charge in [0, 0.05) is 59.7 Å². The maximum atomic E-state index is 13.4. The number of carbonyl (C=O) groups is 6. The Balaban J connectivity index is 4.47. The van der Waals surface area contributed by atoms with E-state index in [0.29, 0.717) is 217 Å². The van der Waals surface area contributed by atoms with Crippen molar-refractivity contribution in [2.45, 2.75) is 76.3 Å². The van der Waals surface area contributed by atoms with Gasteiger partial charge in [-0.2, -0.15) is 0 Å². The fraction of sp³-hybridized carbons (Fsp3) is 0.889. The molecule has 29 heteroatoms.